The van der Waals surface area contributed by atoms with Gasteiger partial charge in [-0.1, -0.05) is 109 Å². The normalized spacial score (nSPS) is 17.9. The number of amides is 2. The van der Waals surface area contributed by atoms with Crippen molar-refractivity contribution in [1.29, 1.82) is 0 Å². The standard InChI is InChI=1S/C35H32N2O6S/c1-2-3-7-20-29(39)42-22-27-23-44-34-30(36-28(38)21-24-14-8-4-9-15-24)33(40)37(34)31(27)35(41)43-32(25-16-10-5-11-17-25)26-18-12-6-13-19-26/h2-20,30,32,34H,21-23H2,1H3,(H,36,38)/b3-2+,20-7+/t30-,34-/m1/s1. The van der Waals surface area contributed by atoms with Gasteiger partial charge in [0.25, 0.3) is 5.91 Å². The molecule has 0 aliphatic carbocycles. The van der Waals surface area contributed by atoms with Gasteiger partial charge in [-0.3, -0.25) is 14.5 Å². The number of ether oxygens (including phenoxy) is 2. The Kier molecular flexibility index (Phi) is 10.1. The van der Waals surface area contributed by atoms with Crippen molar-refractivity contribution in [2.75, 3.05) is 12.4 Å². The lowest BCUT2D eigenvalue weighted by Crippen LogP contribution is -2.70. The number of carbonyl (C=O) groups is 4. The van der Waals surface area contributed by atoms with Gasteiger partial charge in [-0.25, -0.2) is 9.59 Å². The highest BCUT2D eigenvalue weighted by atomic mass is 32.2. The Labute approximate surface area is 260 Å². The summed E-state index contributed by atoms with van der Waals surface area (Å²) in [6, 6.07) is 27.1. The molecule has 8 nitrogen and oxygen atoms in total. The van der Waals surface area contributed by atoms with Crippen molar-refractivity contribution in [3.63, 3.8) is 0 Å². The van der Waals surface area contributed by atoms with Gasteiger partial charge in [-0.05, 0) is 23.6 Å². The number of nitrogens with zero attached hydrogens (tertiary/aromatic N) is 1. The molecule has 224 valence electrons. The Morgan fingerprint density at radius 2 is 1.55 bits per heavy atom. The first-order valence-electron chi connectivity index (χ1n) is 14.2. The minimum Gasteiger partial charge on any atom is -0.458 e. The second-order valence-electron chi connectivity index (χ2n) is 10.2. The molecule has 1 N–H and O–H groups in total. The van der Waals surface area contributed by atoms with Crippen molar-refractivity contribution in [1.82, 2.24) is 10.2 Å². The van der Waals surface area contributed by atoms with E-state index in [1.165, 1.54) is 22.7 Å². The van der Waals surface area contributed by atoms with Crippen molar-refractivity contribution in [2.45, 2.75) is 30.9 Å². The third-order valence-electron chi connectivity index (χ3n) is 7.12. The zero-order valence-electron chi connectivity index (χ0n) is 24.1. The molecular formula is C35H32N2O6S. The monoisotopic (exact) mass is 608 g/mol. The second kappa shape index (κ2) is 14.5. The fraction of sp³-hybridized carbons (Fsp3) is 0.200. The van der Waals surface area contributed by atoms with Crippen LogP contribution in [0.1, 0.15) is 29.7 Å². The molecule has 3 aromatic carbocycles. The minimum atomic E-state index is -0.800. The van der Waals surface area contributed by atoms with Crippen LogP contribution < -0.4 is 5.32 Å². The third kappa shape index (κ3) is 7.18. The molecule has 2 heterocycles. The van der Waals surface area contributed by atoms with E-state index in [1.807, 2.05) is 97.9 Å². The molecular weight excluding hydrogens is 576 g/mol. The Hall–Kier alpha value is -4.89. The number of hydrogen-bond donors (Lipinski definition) is 1. The number of thioether (sulfide) groups is 1. The molecule has 9 heteroatoms. The van der Waals surface area contributed by atoms with Crippen molar-refractivity contribution in [2.24, 2.45) is 0 Å². The Balaban J connectivity index is 1.40. The fourth-order valence-corrected chi connectivity index (χ4v) is 6.31. The van der Waals surface area contributed by atoms with Gasteiger partial charge in [-0.15, -0.1) is 11.8 Å². The highest BCUT2D eigenvalue weighted by molar-refractivity contribution is 8.00. The summed E-state index contributed by atoms with van der Waals surface area (Å²) in [4.78, 5) is 54.0. The van der Waals surface area contributed by atoms with Crippen LogP contribution in [0.3, 0.4) is 0 Å². The lowest BCUT2D eigenvalue weighted by molar-refractivity contribution is -0.155. The summed E-state index contributed by atoms with van der Waals surface area (Å²) in [5.41, 5.74) is 2.84. The predicted octanol–water partition coefficient (Wildman–Crippen LogP) is 4.89. The first-order chi connectivity index (χ1) is 21.5. The first kappa shape index (κ1) is 30.6. The summed E-state index contributed by atoms with van der Waals surface area (Å²) in [7, 11) is 0. The summed E-state index contributed by atoms with van der Waals surface area (Å²) in [5, 5.41) is 2.32. The van der Waals surface area contributed by atoms with Crippen molar-refractivity contribution >= 4 is 35.5 Å². The van der Waals surface area contributed by atoms with Crippen LogP contribution in [0.15, 0.2) is 127 Å². The van der Waals surface area contributed by atoms with Gasteiger partial charge in [0.05, 0.1) is 6.42 Å². The van der Waals surface area contributed by atoms with Gasteiger partial charge in [0.2, 0.25) is 5.91 Å². The molecule has 2 atom stereocenters. The number of rotatable bonds is 11. The number of fused-ring (bicyclic) bond motifs is 1. The van der Waals surface area contributed by atoms with Crippen molar-refractivity contribution in [3.8, 4) is 0 Å². The van der Waals surface area contributed by atoms with Crippen molar-refractivity contribution in [3.05, 3.63) is 143 Å². The average Bonchev–Trinajstić information content (AvgIpc) is 3.06. The summed E-state index contributed by atoms with van der Waals surface area (Å²) < 4.78 is 11.6. The van der Waals surface area contributed by atoms with Gasteiger partial charge in [0.15, 0.2) is 6.10 Å². The fourth-order valence-electron chi connectivity index (χ4n) is 4.99. The van der Waals surface area contributed by atoms with Gasteiger partial charge < -0.3 is 14.8 Å². The second-order valence-corrected chi connectivity index (χ2v) is 11.3. The summed E-state index contributed by atoms with van der Waals surface area (Å²) in [6.07, 6.45) is 5.71. The Bertz CT molecular complexity index is 1550. The van der Waals surface area contributed by atoms with E-state index in [0.717, 1.165) is 16.7 Å². The number of β-lactam (4-membered cyclic amide) rings is 1. The van der Waals surface area contributed by atoms with E-state index in [4.69, 9.17) is 9.47 Å². The molecule has 0 bridgehead atoms. The zero-order valence-corrected chi connectivity index (χ0v) is 24.9. The number of carbonyl (C=O) groups excluding carboxylic acids is 4. The van der Waals surface area contributed by atoms with E-state index >= 15 is 0 Å². The van der Waals surface area contributed by atoms with Gasteiger partial charge in [-0.2, -0.15) is 0 Å². The van der Waals surface area contributed by atoms with E-state index in [-0.39, 0.29) is 24.6 Å². The lowest BCUT2D eigenvalue weighted by Gasteiger charge is -2.49. The van der Waals surface area contributed by atoms with E-state index in [9.17, 15) is 19.2 Å². The molecule has 2 amide bonds. The summed E-state index contributed by atoms with van der Waals surface area (Å²) in [5.74, 6) is -1.71. The molecule has 0 spiro atoms. The molecule has 0 aromatic heterocycles. The molecule has 44 heavy (non-hydrogen) atoms. The number of benzene rings is 3. The van der Waals surface area contributed by atoms with Crippen LogP contribution in [-0.4, -0.2) is 52.4 Å². The van der Waals surface area contributed by atoms with Gasteiger partial charge in [0, 0.05) is 17.4 Å². The summed E-state index contributed by atoms with van der Waals surface area (Å²) in [6.45, 7) is 1.63. The zero-order chi connectivity index (χ0) is 30.9. The maximum Gasteiger partial charge on any atom is 0.356 e. The molecule has 2 aliphatic rings. The van der Waals surface area contributed by atoms with Gasteiger partial charge in [0.1, 0.15) is 23.7 Å². The molecule has 1 fully saturated rings. The predicted molar refractivity (Wildman–Crippen MR) is 168 cm³/mol. The third-order valence-corrected chi connectivity index (χ3v) is 8.46. The number of nitrogens with one attached hydrogen (secondary N) is 1. The first-order valence-corrected chi connectivity index (χ1v) is 15.3. The molecule has 0 radical (unpaired) electrons. The molecule has 2 aliphatic heterocycles. The van der Waals surface area contributed by atoms with Crippen LogP contribution in [0.4, 0.5) is 0 Å². The molecule has 5 rings (SSSR count). The van der Waals surface area contributed by atoms with Crippen LogP contribution in [0.25, 0.3) is 0 Å². The highest BCUT2D eigenvalue weighted by Crippen LogP contribution is 2.41. The molecule has 0 unspecified atom stereocenters. The number of allylic oxidation sites excluding steroid dienone is 3. The van der Waals surface area contributed by atoms with E-state index < -0.39 is 35.4 Å². The molecule has 0 saturated carbocycles. The lowest BCUT2D eigenvalue weighted by atomic mass is 10.0. The molecule has 1 saturated heterocycles. The minimum absolute atomic E-state index is 0.0365. The van der Waals surface area contributed by atoms with Crippen LogP contribution in [0, 0.1) is 0 Å². The Morgan fingerprint density at radius 1 is 0.932 bits per heavy atom. The number of esters is 2. The summed E-state index contributed by atoms with van der Waals surface area (Å²) >= 11 is 1.39. The topological polar surface area (TPSA) is 102 Å². The van der Waals surface area contributed by atoms with Crippen molar-refractivity contribution < 1.29 is 28.7 Å². The smallest absolute Gasteiger partial charge is 0.356 e. The SMILES string of the molecule is C/C=C/C=C/C(=O)OCC1=C(C(=O)OC(c2ccccc2)c2ccccc2)N2C(=O)[C@@H](NC(=O)Cc3ccccc3)[C@H]2SC1. The van der Waals surface area contributed by atoms with E-state index in [2.05, 4.69) is 5.32 Å². The van der Waals surface area contributed by atoms with E-state index in [0.29, 0.717) is 11.3 Å². The maximum atomic E-state index is 14.0. The van der Waals surface area contributed by atoms with Crippen LogP contribution in [0.2, 0.25) is 0 Å². The van der Waals surface area contributed by atoms with Crippen LogP contribution in [-0.2, 0) is 35.1 Å². The van der Waals surface area contributed by atoms with E-state index in [1.54, 1.807) is 18.2 Å². The van der Waals surface area contributed by atoms with Crippen LogP contribution in [0.5, 0.6) is 0 Å². The van der Waals surface area contributed by atoms with Crippen LogP contribution >= 0.6 is 11.8 Å². The van der Waals surface area contributed by atoms with Gasteiger partial charge >= 0.3 is 11.9 Å². The molecule has 3 aromatic rings. The Morgan fingerprint density at radius 3 is 2.16 bits per heavy atom. The largest absolute Gasteiger partial charge is 0.458 e. The number of hydrogen-bond acceptors (Lipinski definition) is 7. The maximum absolute atomic E-state index is 14.0. The highest BCUT2D eigenvalue weighted by Gasteiger charge is 2.54. The quantitative estimate of drug-likeness (QED) is 0.143. The average molecular weight is 609 g/mol.